The lowest BCUT2D eigenvalue weighted by Gasteiger charge is -2.35. The van der Waals surface area contributed by atoms with Crippen LogP contribution in [0.15, 0.2) is 24.3 Å². The lowest BCUT2D eigenvalue weighted by Crippen LogP contribution is -2.49. The van der Waals surface area contributed by atoms with E-state index in [1.807, 2.05) is 0 Å². The van der Waals surface area contributed by atoms with E-state index in [0.717, 1.165) is 25.0 Å². The highest BCUT2D eigenvalue weighted by molar-refractivity contribution is 7.90. The van der Waals surface area contributed by atoms with E-state index in [4.69, 9.17) is 0 Å². The number of halogens is 3. The largest absolute Gasteiger partial charge is 0.416 e. The van der Waals surface area contributed by atoms with E-state index in [0.29, 0.717) is 31.9 Å². The molecule has 1 aliphatic heterocycles. The third-order valence-electron chi connectivity index (χ3n) is 4.08. The van der Waals surface area contributed by atoms with Gasteiger partial charge < -0.3 is 4.90 Å². The van der Waals surface area contributed by atoms with Crippen molar-refractivity contribution in [1.29, 1.82) is 0 Å². The van der Waals surface area contributed by atoms with Gasteiger partial charge in [0.1, 0.15) is 0 Å². The minimum Gasteiger partial charge on any atom is -0.369 e. The first-order valence-electron chi connectivity index (χ1n) is 7.19. The summed E-state index contributed by atoms with van der Waals surface area (Å²) in [5.41, 5.74) is -0.198. The number of rotatable bonds is 3. The van der Waals surface area contributed by atoms with Crippen LogP contribution in [-0.4, -0.2) is 44.2 Å². The van der Waals surface area contributed by atoms with Crippen LogP contribution < -0.4 is 4.90 Å². The molecule has 3 rings (SSSR count). The quantitative estimate of drug-likeness (QED) is 0.852. The summed E-state index contributed by atoms with van der Waals surface area (Å²) in [6.45, 7) is 1.48. The van der Waals surface area contributed by atoms with Crippen molar-refractivity contribution in [2.75, 3.05) is 31.1 Å². The highest BCUT2D eigenvalue weighted by atomic mass is 32.2. The number of nitrogens with zero attached hydrogens (tertiary/aromatic N) is 2. The van der Waals surface area contributed by atoms with Gasteiger partial charge in [0.25, 0.3) is 0 Å². The molecule has 2 aliphatic rings. The van der Waals surface area contributed by atoms with E-state index >= 15 is 0 Å². The number of benzene rings is 1. The Morgan fingerprint density at radius 2 is 1.68 bits per heavy atom. The summed E-state index contributed by atoms with van der Waals surface area (Å²) >= 11 is 0. The molecule has 1 saturated carbocycles. The smallest absolute Gasteiger partial charge is 0.369 e. The van der Waals surface area contributed by atoms with E-state index in [-0.39, 0.29) is 5.25 Å². The summed E-state index contributed by atoms with van der Waals surface area (Å²) in [6.07, 6.45) is -2.93. The first kappa shape index (κ1) is 15.6. The standard InChI is InChI=1S/C14H17F3N2O2S/c15-14(16,17)11-2-1-3-12(10-11)18-6-8-19(9-7-18)22(20,21)13-4-5-13/h1-3,10,13H,4-9H2. The first-order valence-corrected chi connectivity index (χ1v) is 8.70. The number of piperazine rings is 1. The van der Waals surface area contributed by atoms with Gasteiger partial charge in [0, 0.05) is 31.9 Å². The van der Waals surface area contributed by atoms with Crippen LogP contribution in [0.25, 0.3) is 0 Å². The van der Waals surface area contributed by atoms with E-state index in [1.54, 1.807) is 11.0 Å². The fraction of sp³-hybridized carbons (Fsp3) is 0.571. The molecule has 4 nitrogen and oxygen atoms in total. The van der Waals surface area contributed by atoms with Crippen LogP contribution in [0, 0.1) is 0 Å². The molecule has 0 N–H and O–H groups in total. The third kappa shape index (κ3) is 3.08. The Kier molecular flexibility index (Phi) is 3.84. The van der Waals surface area contributed by atoms with E-state index in [2.05, 4.69) is 0 Å². The number of anilines is 1. The van der Waals surface area contributed by atoms with Crippen LogP contribution in [-0.2, 0) is 16.2 Å². The average molecular weight is 334 g/mol. The van der Waals surface area contributed by atoms with Gasteiger partial charge in [0.2, 0.25) is 10.0 Å². The SMILES string of the molecule is O=S(=O)(C1CC1)N1CCN(c2cccc(C(F)(F)F)c2)CC1. The summed E-state index contributed by atoms with van der Waals surface area (Å²) in [5, 5.41) is -0.243. The molecule has 0 radical (unpaired) electrons. The Balaban J connectivity index is 1.69. The normalized spacial score (nSPS) is 21.1. The first-order chi connectivity index (χ1) is 10.3. The van der Waals surface area contributed by atoms with Crippen LogP contribution in [0.5, 0.6) is 0 Å². The maximum atomic E-state index is 12.7. The fourth-order valence-corrected chi connectivity index (χ4v) is 4.48. The number of sulfonamides is 1. The second-order valence-electron chi connectivity index (χ2n) is 5.68. The molecule has 8 heteroatoms. The van der Waals surface area contributed by atoms with E-state index < -0.39 is 21.8 Å². The number of hydrogen-bond donors (Lipinski definition) is 0. The van der Waals surface area contributed by atoms with Gasteiger partial charge in [-0.3, -0.25) is 0 Å². The Morgan fingerprint density at radius 3 is 2.23 bits per heavy atom. The summed E-state index contributed by atoms with van der Waals surface area (Å²) in [7, 11) is -3.20. The lowest BCUT2D eigenvalue weighted by atomic mass is 10.1. The molecule has 1 heterocycles. The summed E-state index contributed by atoms with van der Waals surface area (Å²) in [5.74, 6) is 0. The maximum absolute atomic E-state index is 12.7. The minimum absolute atomic E-state index is 0.243. The Morgan fingerprint density at radius 1 is 1.05 bits per heavy atom. The summed E-state index contributed by atoms with van der Waals surface area (Å²) < 4.78 is 64.0. The molecule has 2 fully saturated rings. The topological polar surface area (TPSA) is 40.6 Å². The molecule has 0 aromatic heterocycles. The van der Waals surface area contributed by atoms with Crippen molar-refractivity contribution in [3.8, 4) is 0 Å². The summed E-state index contributed by atoms with van der Waals surface area (Å²) in [6, 6.07) is 5.16. The summed E-state index contributed by atoms with van der Waals surface area (Å²) in [4.78, 5) is 1.80. The van der Waals surface area contributed by atoms with Gasteiger partial charge in [0.15, 0.2) is 0 Å². The second kappa shape index (κ2) is 5.42. The van der Waals surface area contributed by atoms with Crippen LogP contribution in [0.1, 0.15) is 18.4 Å². The molecule has 0 unspecified atom stereocenters. The molecule has 1 aromatic rings. The zero-order valence-corrected chi connectivity index (χ0v) is 12.7. The molecule has 22 heavy (non-hydrogen) atoms. The number of hydrogen-bond acceptors (Lipinski definition) is 3. The number of alkyl halides is 3. The molecule has 122 valence electrons. The van der Waals surface area contributed by atoms with Crippen LogP contribution >= 0.6 is 0 Å². The predicted octanol–water partition coefficient (Wildman–Crippen LogP) is 2.32. The molecule has 0 bridgehead atoms. The molecular weight excluding hydrogens is 317 g/mol. The van der Waals surface area contributed by atoms with Gasteiger partial charge in [-0.1, -0.05) is 6.07 Å². The van der Waals surface area contributed by atoms with Crippen molar-refractivity contribution >= 4 is 15.7 Å². The Labute approximate surface area is 127 Å². The van der Waals surface area contributed by atoms with Crippen molar-refractivity contribution < 1.29 is 21.6 Å². The molecule has 1 aliphatic carbocycles. The van der Waals surface area contributed by atoms with E-state index in [1.165, 1.54) is 10.4 Å². The van der Waals surface area contributed by atoms with Crippen molar-refractivity contribution in [2.45, 2.75) is 24.3 Å². The molecule has 0 atom stereocenters. The Hall–Kier alpha value is -1.28. The van der Waals surface area contributed by atoms with Gasteiger partial charge in [-0.2, -0.15) is 17.5 Å². The third-order valence-corrected chi connectivity index (χ3v) is 6.48. The minimum atomic E-state index is -4.37. The highest BCUT2D eigenvalue weighted by Crippen LogP contribution is 2.33. The Bertz CT molecular complexity index is 648. The second-order valence-corrected chi connectivity index (χ2v) is 7.89. The zero-order valence-electron chi connectivity index (χ0n) is 11.9. The molecule has 1 saturated heterocycles. The van der Waals surface area contributed by atoms with Gasteiger partial charge >= 0.3 is 6.18 Å². The zero-order chi connectivity index (χ0) is 16.0. The fourth-order valence-electron chi connectivity index (χ4n) is 2.66. The van der Waals surface area contributed by atoms with Crippen LogP contribution in [0.2, 0.25) is 0 Å². The van der Waals surface area contributed by atoms with Crippen molar-refractivity contribution in [1.82, 2.24) is 4.31 Å². The van der Waals surface area contributed by atoms with Crippen LogP contribution in [0.4, 0.5) is 18.9 Å². The molecular formula is C14H17F3N2O2S. The molecule has 0 amide bonds. The van der Waals surface area contributed by atoms with Gasteiger partial charge in [-0.25, -0.2) is 8.42 Å². The molecule has 1 aromatic carbocycles. The average Bonchev–Trinajstić information content (AvgIpc) is 3.32. The highest BCUT2D eigenvalue weighted by Gasteiger charge is 2.41. The predicted molar refractivity (Wildman–Crippen MR) is 77.2 cm³/mol. The van der Waals surface area contributed by atoms with Crippen molar-refractivity contribution in [3.63, 3.8) is 0 Å². The maximum Gasteiger partial charge on any atom is 0.416 e. The molecule has 0 spiro atoms. The van der Waals surface area contributed by atoms with Gasteiger partial charge in [-0.15, -0.1) is 0 Å². The van der Waals surface area contributed by atoms with Gasteiger partial charge in [-0.05, 0) is 31.0 Å². The van der Waals surface area contributed by atoms with Crippen molar-refractivity contribution in [3.05, 3.63) is 29.8 Å². The lowest BCUT2D eigenvalue weighted by molar-refractivity contribution is -0.137. The monoisotopic (exact) mass is 334 g/mol. The van der Waals surface area contributed by atoms with Crippen LogP contribution in [0.3, 0.4) is 0 Å². The van der Waals surface area contributed by atoms with Crippen molar-refractivity contribution in [2.24, 2.45) is 0 Å². The van der Waals surface area contributed by atoms with Gasteiger partial charge in [0.05, 0.1) is 10.8 Å². The van der Waals surface area contributed by atoms with E-state index in [9.17, 15) is 21.6 Å².